The van der Waals surface area contributed by atoms with Crippen LogP contribution in [0.25, 0.3) is 0 Å². The zero-order chi connectivity index (χ0) is 14.8. The molecule has 6 nitrogen and oxygen atoms in total. The fraction of sp³-hybridized carbons (Fsp3) is 0.923. The van der Waals surface area contributed by atoms with Crippen LogP contribution in [0.1, 0.15) is 46.0 Å². The molecule has 0 aromatic carbocycles. The Bertz CT molecular complexity index is 395. The van der Waals surface area contributed by atoms with Gasteiger partial charge in [-0.1, -0.05) is 19.3 Å². The van der Waals surface area contributed by atoms with Crippen molar-refractivity contribution in [3.8, 4) is 0 Å². The van der Waals surface area contributed by atoms with Crippen LogP contribution in [0.3, 0.4) is 0 Å². The minimum absolute atomic E-state index is 0. The highest BCUT2D eigenvalue weighted by atomic mass is 127. The van der Waals surface area contributed by atoms with E-state index in [1.165, 1.54) is 32.1 Å². The summed E-state index contributed by atoms with van der Waals surface area (Å²) in [7, 11) is -3.12. The molecule has 126 valence electrons. The lowest BCUT2D eigenvalue weighted by Gasteiger charge is -2.24. The molecular formula is C13H29IN4O2S. The molecule has 0 unspecified atom stereocenters. The zero-order valence-corrected chi connectivity index (χ0v) is 16.2. The molecule has 21 heavy (non-hydrogen) atoms. The van der Waals surface area contributed by atoms with E-state index in [1.807, 2.05) is 6.92 Å². The van der Waals surface area contributed by atoms with Crippen LogP contribution in [0.5, 0.6) is 0 Å². The molecule has 0 bridgehead atoms. The van der Waals surface area contributed by atoms with Gasteiger partial charge in [0.1, 0.15) is 0 Å². The van der Waals surface area contributed by atoms with Crippen LogP contribution in [0.15, 0.2) is 4.99 Å². The summed E-state index contributed by atoms with van der Waals surface area (Å²) in [5.74, 6) is 0.895. The molecule has 0 aromatic rings. The van der Waals surface area contributed by atoms with Crippen molar-refractivity contribution < 1.29 is 8.42 Å². The van der Waals surface area contributed by atoms with Gasteiger partial charge in [-0.2, -0.15) is 0 Å². The van der Waals surface area contributed by atoms with Crippen molar-refractivity contribution in [3.05, 3.63) is 0 Å². The number of aliphatic imine (C=N–C) groups is 1. The van der Waals surface area contributed by atoms with E-state index >= 15 is 0 Å². The first-order valence-corrected chi connectivity index (χ1v) is 9.24. The molecule has 0 saturated heterocycles. The van der Waals surface area contributed by atoms with Gasteiger partial charge in [0.15, 0.2) is 5.96 Å². The quantitative estimate of drug-likeness (QED) is 0.246. The minimum atomic E-state index is -3.12. The smallest absolute Gasteiger partial charge is 0.211 e. The van der Waals surface area contributed by atoms with E-state index in [0.29, 0.717) is 19.1 Å². The predicted octanol–water partition coefficient (Wildman–Crippen LogP) is 1.43. The van der Waals surface area contributed by atoms with Gasteiger partial charge in [0.2, 0.25) is 10.0 Å². The molecule has 1 rings (SSSR count). The van der Waals surface area contributed by atoms with Crippen molar-refractivity contribution in [1.29, 1.82) is 0 Å². The van der Waals surface area contributed by atoms with Crippen LogP contribution in [-0.2, 0) is 10.0 Å². The highest BCUT2D eigenvalue weighted by molar-refractivity contribution is 14.0. The van der Waals surface area contributed by atoms with E-state index < -0.39 is 10.0 Å². The van der Waals surface area contributed by atoms with Gasteiger partial charge in [-0.15, -0.1) is 24.0 Å². The maximum Gasteiger partial charge on any atom is 0.211 e. The number of nitrogens with one attached hydrogen (secondary N) is 3. The molecule has 8 heteroatoms. The lowest BCUT2D eigenvalue weighted by atomic mass is 9.96. The van der Waals surface area contributed by atoms with Gasteiger partial charge >= 0.3 is 0 Å². The van der Waals surface area contributed by atoms with Gasteiger partial charge in [0, 0.05) is 19.1 Å². The van der Waals surface area contributed by atoms with Crippen molar-refractivity contribution >= 4 is 40.0 Å². The van der Waals surface area contributed by atoms with Crippen LogP contribution in [0, 0.1) is 0 Å². The Kier molecular flexibility index (Phi) is 11.4. The van der Waals surface area contributed by atoms with E-state index in [0.717, 1.165) is 12.5 Å². The van der Waals surface area contributed by atoms with Crippen molar-refractivity contribution in [1.82, 2.24) is 15.4 Å². The average Bonchev–Trinajstić information content (AvgIpc) is 2.45. The number of rotatable bonds is 7. The molecular weight excluding hydrogens is 403 g/mol. The standard InChI is InChI=1S/C13H28N4O2S.HI/c1-3-14-13(17-12-8-6-5-7-9-12)15-10-11-16-20(18,19)4-2;/h12,16H,3-11H2,1-2H3,(H2,14,15,17);1H. The third-order valence-corrected chi connectivity index (χ3v) is 4.78. The monoisotopic (exact) mass is 432 g/mol. The van der Waals surface area contributed by atoms with Gasteiger partial charge in [-0.25, -0.2) is 13.1 Å². The van der Waals surface area contributed by atoms with Crippen LogP contribution in [0.2, 0.25) is 0 Å². The lowest BCUT2D eigenvalue weighted by molar-refractivity contribution is 0.410. The predicted molar refractivity (Wildman–Crippen MR) is 98.9 cm³/mol. The van der Waals surface area contributed by atoms with Crippen LogP contribution in [0.4, 0.5) is 0 Å². The second-order valence-corrected chi connectivity index (χ2v) is 7.13. The molecule has 0 amide bonds. The Balaban J connectivity index is 0.00000400. The first kappa shape index (κ1) is 20.9. The molecule has 3 N–H and O–H groups in total. The summed E-state index contributed by atoms with van der Waals surface area (Å²) in [5.41, 5.74) is 0. The lowest BCUT2D eigenvalue weighted by Crippen LogP contribution is -2.44. The van der Waals surface area contributed by atoms with Crippen LogP contribution < -0.4 is 15.4 Å². The molecule has 0 atom stereocenters. The summed E-state index contributed by atoms with van der Waals surface area (Å²) >= 11 is 0. The Morgan fingerprint density at radius 2 is 1.86 bits per heavy atom. The Morgan fingerprint density at radius 1 is 1.19 bits per heavy atom. The molecule has 1 fully saturated rings. The van der Waals surface area contributed by atoms with Gasteiger partial charge < -0.3 is 10.6 Å². The number of sulfonamides is 1. The summed E-state index contributed by atoms with van der Waals surface area (Å²) in [6, 6.07) is 0.494. The van der Waals surface area contributed by atoms with Gasteiger partial charge in [-0.05, 0) is 26.7 Å². The van der Waals surface area contributed by atoms with Crippen LogP contribution >= 0.6 is 24.0 Å². The topological polar surface area (TPSA) is 82.6 Å². The van der Waals surface area contributed by atoms with Crippen molar-refractivity contribution in [2.24, 2.45) is 4.99 Å². The Morgan fingerprint density at radius 3 is 2.43 bits per heavy atom. The first-order chi connectivity index (χ1) is 9.57. The SMILES string of the molecule is CCNC(=NCCNS(=O)(=O)CC)NC1CCCCC1.I. The highest BCUT2D eigenvalue weighted by Crippen LogP contribution is 2.17. The second kappa shape index (κ2) is 11.5. The molecule has 1 aliphatic carbocycles. The fourth-order valence-corrected chi connectivity index (χ4v) is 2.84. The molecule has 1 aliphatic rings. The average molecular weight is 432 g/mol. The fourth-order valence-electron chi connectivity index (χ4n) is 2.23. The number of guanidine groups is 1. The summed E-state index contributed by atoms with van der Waals surface area (Å²) in [6.07, 6.45) is 6.24. The van der Waals surface area contributed by atoms with E-state index in [-0.39, 0.29) is 29.7 Å². The van der Waals surface area contributed by atoms with E-state index in [1.54, 1.807) is 6.92 Å². The summed E-state index contributed by atoms with van der Waals surface area (Å²) in [5, 5.41) is 6.63. The zero-order valence-electron chi connectivity index (χ0n) is 13.0. The molecule has 1 saturated carbocycles. The maximum atomic E-state index is 11.3. The Labute approximate surface area is 146 Å². The second-order valence-electron chi connectivity index (χ2n) is 5.04. The molecule has 0 aromatic heterocycles. The highest BCUT2D eigenvalue weighted by Gasteiger charge is 2.14. The molecule has 0 spiro atoms. The first-order valence-electron chi connectivity index (χ1n) is 7.59. The number of hydrogen-bond donors (Lipinski definition) is 3. The summed E-state index contributed by atoms with van der Waals surface area (Å²) in [4.78, 5) is 4.41. The number of nitrogens with zero attached hydrogens (tertiary/aromatic N) is 1. The van der Waals surface area contributed by atoms with E-state index in [4.69, 9.17) is 0 Å². The van der Waals surface area contributed by atoms with E-state index in [9.17, 15) is 8.42 Å². The van der Waals surface area contributed by atoms with Crippen molar-refractivity contribution in [3.63, 3.8) is 0 Å². The van der Waals surface area contributed by atoms with E-state index in [2.05, 4.69) is 20.3 Å². The third kappa shape index (κ3) is 9.51. The Hall–Kier alpha value is -0.0900. The van der Waals surface area contributed by atoms with Gasteiger partial charge in [0.25, 0.3) is 0 Å². The van der Waals surface area contributed by atoms with Crippen molar-refractivity contribution in [2.75, 3.05) is 25.4 Å². The molecule has 0 heterocycles. The summed E-state index contributed by atoms with van der Waals surface area (Å²) in [6.45, 7) is 5.25. The molecule has 0 aliphatic heterocycles. The largest absolute Gasteiger partial charge is 0.357 e. The van der Waals surface area contributed by atoms with Gasteiger partial charge in [0.05, 0.1) is 12.3 Å². The molecule has 0 radical (unpaired) electrons. The third-order valence-electron chi connectivity index (χ3n) is 3.37. The summed E-state index contributed by atoms with van der Waals surface area (Å²) < 4.78 is 25.1. The number of halogens is 1. The van der Waals surface area contributed by atoms with Crippen molar-refractivity contribution in [2.45, 2.75) is 52.0 Å². The normalized spacial score (nSPS) is 17.1. The minimum Gasteiger partial charge on any atom is -0.357 e. The number of hydrogen-bond acceptors (Lipinski definition) is 3. The van der Waals surface area contributed by atoms with Crippen LogP contribution in [-0.4, -0.2) is 45.8 Å². The van der Waals surface area contributed by atoms with Gasteiger partial charge in [-0.3, -0.25) is 4.99 Å². The maximum absolute atomic E-state index is 11.3.